The molecule has 0 heterocycles. The Bertz CT molecular complexity index is 679. The monoisotopic (exact) mass is 384 g/mol. The van der Waals surface area contributed by atoms with Crippen LogP contribution in [0.15, 0.2) is 24.3 Å². The molecule has 0 saturated heterocycles. The highest BCUT2D eigenvalue weighted by molar-refractivity contribution is 6.33. The number of hydrogen-bond donors (Lipinski definition) is 2. The molecule has 8 nitrogen and oxygen atoms in total. The molecule has 0 aliphatic rings. The lowest BCUT2D eigenvalue weighted by molar-refractivity contribution is -0.156. The van der Waals surface area contributed by atoms with E-state index in [1.54, 1.807) is 26.0 Å². The van der Waals surface area contributed by atoms with E-state index in [1.165, 1.54) is 12.1 Å². The molecule has 2 amide bonds. The molecule has 1 aromatic rings. The second kappa shape index (κ2) is 10.4. The van der Waals surface area contributed by atoms with Crippen molar-refractivity contribution in [2.24, 2.45) is 11.7 Å². The van der Waals surface area contributed by atoms with Gasteiger partial charge in [-0.25, -0.2) is 0 Å². The van der Waals surface area contributed by atoms with Crippen LogP contribution in [0.25, 0.3) is 0 Å². The number of halogens is 1. The van der Waals surface area contributed by atoms with Crippen LogP contribution in [0.1, 0.15) is 30.6 Å². The van der Waals surface area contributed by atoms with E-state index in [4.69, 9.17) is 26.8 Å². The van der Waals surface area contributed by atoms with Crippen LogP contribution in [0.3, 0.4) is 0 Å². The van der Waals surface area contributed by atoms with Crippen molar-refractivity contribution in [3.63, 3.8) is 0 Å². The predicted molar refractivity (Wildman–Crippen MR) is 93.3 cm³/mol. The predicted octanol–water partition coefficient (Wildman–Crippen LogP) is 1.06. The Balaban J connectivity index is 3.08. The summed E-state index contributed by atoms with van der Waals surface area (Å²) in [4.78, 5) is 48.2. The first-order valence-electron chi connectivity index (χ1n) is 7.98. The molecule has 1 aromatic carbocycles. The zero-order valence-corrected chi connectivity index (χ0v) is 15.2. The third-order valence-electron chi connectivity index (χ3n) is 3.40. The Hall–Kier alpha value is -2.61. The minimum Gasteiger partial charge on any atom is -0.466 e. The van der Waals surface area contributed by atoms with Crippen LogP contribution in [-0.2, 0) is 23.9 Å². The molecular weight excluding hydrogens is 364 g/mol. The van der Waals surface area contributed by atoms with Crippen molar-refractivity contribution < 1.29 is 28.7 Å². The highest BCUT2D eigenvalue weighted by Gasteiger charge is 2.37. The van der Waals surface area contributed by atoms with Crippen LogP contribution >= 0.6 is 11.6 Å². The van der Waals surface area contributed by atoms with Crippen molar-refractivity contribution in [1.29, 1.82) is 0 Å². The smallest absolute Gasteiger partial charge is 0.312 e. The average Bonchev–Trinajstić information content (AvgIpc) is 2.58. The van der Waals surface area contributed by atoms with Gasteiger partial charge in [0.1, 0.15) is 6.04 Å². The maximum atomic E-state index is 12.4. The van der Waals surface area contributed by atoms with Crippen LogP contribution in [-0.4, -0.2) is 43.0 Å². The van der Waals surface area contributed by atoms with Crippen molar-refractivity contribution in [3.05, 3.63) is 34.9 Å². The quantitative estimate of drug-likeness (QED) is 0.613. The Kier molecular flexibility index (Phi) is 8.57. The molecule has 3 N–H and O–H groups in total. The SMILES string of the molecule is CCOC(=O)C[C@H](C(=O)OCC)[C@@H](NC(=O)c1ccccc1Cl)C(N)=O. The van der Waals surface area contributed by atoms with Gasteiger partial charge >= 0.3 is 11.9 Å². The molecule has 0 spiro atoms. The molecule has 0 fully saturated rings. The van der Waals surface area contributed by atoms with Gasteiger partial charge in [0.2, 0.25) is 5.91 Å². The number of nitrogens with one attached hydrogen (secondary N) is 1. The third kappa shape index (κ3) is 6.03. The molecule has 0 aliphatic heterocycles. The van der Waals surface area contributed by atoms with Gasteiger partial charge in [-0.2, -0.15) is 0 Å². The van der Waals surface area contributed by atoms with Crippen LogP contribution in [0, 0.1) is 5.92 Å². The number of ether oxygens (including phenoxy) is 2. The molecule has 0 unspecified atom stereocenters. The Morgan fingerprint density at radius 1 is 1.12 bits per heavy atom. The van der Waals surface area contributed by atoms with E-state index < -0.39 is 42.1 Å². The molecule has 0 aliphatic carbocycles. The topological polar surface area (TPSA) is 125 Å². The van der Waals surface area contributed by atoms with E-state index in [0.29, 0.717) is 0 Å². The summed E-state index contributed by atoms with van der Waals surface area (Å²) in [6.45, 7) is 3.30. The molecule has 9 heteroatoms. The summed E-state index contributed by atoms with van der Waals surface area (Å²) >= 11 is 5.96. The fraction of sp³-hybridized carbons (Fsp3) is 0.412. The van der Waals surface area contributed by atoms with Gasteiger partial charge in [0.05, 0.1) is 36.1 Å². The summed E-state index contributed by atoms with van der Waals surface area (Å²) in [6, 6.07) is 4.69. The summed E-state index contributed by atoms with van der Waals surface area (Å²) < 4.78 is 9.70. The number of carbonyl (C=O) groups is 4. The fourth-order valence-corrected chi connectivity index (χ4v) is 2.44. The average molecular weight is 385 g/mol. The molecule has 0 bridgehead atoms. The second-order valence-electron chi connectivity index (χ2n) is 5.20. The number of primary amides is 1. The second-order valence-corrected chi connectivity index (χ2v) is 5.61. The molecule has 1 rings (SSSR count). The standard InChI is InChI=1S/C17H21ClN2O6/c1-3-25-13(21)9-11(17(24)26-4-2)14(15(19)22)20-16(23)10-7-5-6-8-12(10)18/h5-8,11,14H,3-4,9H2,1-2H3,(H2,19,22)(H,20,23)/t11-,14+/m0/s1. The first kappa shape index (κ1) is 21.4. The van der Waals surface area contributed by atoms with E-state index in [9.17, 15) is 19.2 Å². The van der Waals surface area contributed by atoms with Crippen LogP contribution in [0.5, 0.6) is 0 Å². The first-order valence-corrected chi connectivity index (χ1v) is 8.36. The molecule has 26 heavy (non-hydrogen) atoms. The lowest BCUT2D eigenvalue weighted by atomic mass is 9.95. The van der Waals surface area contributed by atoms with Crippen molar-refractivity contribution in [2.75, 3.05) is 13.2 Å². The van der Waals surface area contributed by atoms with Gasteiger partial charge in [-0.15, -0.1) is 0 Å². The summed E-state index contributed by atoms with van der Waals surface area (Å²) in [5, 5.41) is 2.51. The summed E-state index contributed by atoms with van der Waals surface area (Å²) in [5.74, 6) is -4.59. The van der Waals surface area contributed by atoms with Gasteiger partial charge in [-0.1, -0.05) is 23.7 Å². The van der Waals surface area contributed by atoms with Crippen LogP contribution in [0.2, 0.25) is 5.02 Å². The summed E-state index contributed by atoms with van der Waals surface area (Å²) in [7, 11) is 0. The molecular formula is C17H21ClN2O6. The van der Waals surface area contributed by atoms with Crippen molar-refractivity contribution in [2.45, 2.75) is 26.3 Å². The number of rotatable bonds is 9. The highest BCUT2D eigenvalue weighted by Crippen LogP contribution is 2.18. The van der Waals surface area contributed by atoms with Crippen LogP contribution < -0.4 is 11.1 Å². The third-order valence-corrected chi connectivity index (χ3v) is 3.72. The zero-order chi connectivity index (χ0) is 19.7. The summed E-state index contributed by atoms with van der Waals surface area (Å²) in [6.07, 6.45) is -0.469. The molecule has 0 radical (unpaired) electrons. The first-order chi connectivity index (χ1) is 12.3. The maximum absolute atomic E-state index is 12.4. The van der Waals surface area contributed by atoms with E-state index in [0.717, 1.165) is 0 Å². The van der Waals surface area contributed by atoms with Crippen molar-refractivity contribution in [3.8, 4) is 0 Å². The molecule has 142 valence electrons. The lowest BCUT2D eigenvalue weighted by Crippen LogP contribution is -2.52. The normalized spacial score (nSPS) is 12.6. The Morgan fingerprint density at radius 2 is 1.73 bits per heavy atom. The highest BCUT2D eigenvalue weighted by atomic mass is 35.5. The van der Waals surface area contributed by atoms with E-state index in [-0.39, 0.29) is 23.8 Å². The number of carbonyl (C=O) groups excluding carboxylic acids is 4. The van der Waals surface area contributed by atoms with Gasteiger partial charge in [-0.3, -0.25) is 19.2 Å². The van der Waals surface area contributed by atoms with Crippen molar-refractivity contribution in [1.82, 2.24) is 5.32 Å². The fourth-order valence-electron chi connectivity index (χ4n) is 2.22. The number of nitrogens with two attached hydrogens (primary N) is 1. The number of hydrogen-bond acceptors (Lipinski definition) is 6. The minimum absolute atomic E-state index is 0.0299. The minimum atomic E-state index is -1.47. The zero-order valence-electron chi connectivity index (χ0n) is 14.5. The van der Waals surface area contributed by atoms with E-state index in [1.807, 2.05) is 0 Å². The molecule has 0 aromatic heterocycles. The largest absolute Gasteiger partial charge is 0.466 e. The van der Waals surface area contributed by atoms with Gasteiger partial charge in [0, 0.05) is 0 Å². The van der Waals surface area contributed by atoms with Crippen LogP contribution in [0.4, 0.5) is 0 Å². The number of amides is 2. The maximum Gasteiger partial charge on any atom is 0.312 e. The number of esters is 2. The molecule has 2 atom stereocenters. The Morgan fingerprint density at radius 3 is 2.27 bits per heavy atom. The van der Waals surface area contributed by atoms with Gasteiger partial charge in [0.25, 0.3) is 5.91 Å². The molecule has 0 saturated carbocycles. The van der Waals surface area contributed by atoms with Crippen molar-refractivity contribution >= 4 is 35.4 Å². The Labute approximate surface area is 156 Å². The number of benzene rings is 1. The van der Waals surface area contributed by atoms with Gasteiger partial charge < -0.3 is 20.5 Å². The van der Waals surface area contributed by atoms with Gasteiger partial charge in [-0.05, 0) is 26.0 Å². The van der Waals surface area contributed by atoms with E-state index >= 15 is 0 Å². The van der Waals surface area contributed by atoms with Gasteiger partial charge in [0.15, 0.2) is 0 Å². The summed E-state index contributed by atoms with van der Waals surface area (Å²) in [5.41, 5.74) is 5.44. The lowest BCUT2D eigenvalue weighted by Gasteiger charge is -2.23. The van der Waals surface area contributed by atoms with E-state index in [2.05, 4.69) is 5.32 Å².